The van der Waals surface area contributed by atoms with Gasteiger partial charge in [0.25, 0.3) is 0 Å². The van der Waals surface area contributed by atoms with Gasteiger partial charge in [0.2, 0.25) is 0 Å². The summed E-state index contributed by atoms with van der Waals surface area (Å²) < 4.78 is 44.5. The number of anilines is 1. The lowest BCUT2D eigenvalue weighted by molar-refractivity contribution is -0.138. The van der Waals surface area contributed by atoms with E-state index in [4.69, 9.17) is 5.73 Å². The third-order valence-corrected chi connectivity index (χ3v) is 2.92. The molecule has 112 valence electrons. The van der Waals surface area contributed by atoms with Gasteiger partial charge in [-0.1, -0.05) is 18.2 Å². The van der Waals surface area contributed by atoms with Crippen molar-refractivity contribution >= 4 is 11.8 Å². The Morgan fingerprint density at radius 2 is 2.05 bits per heavy atom. The number of esters is 1. The van der Waals surface area contributed by atoms with Crippen LogP contribution in [0.15, 0.2) is 30.6 Å². The van der Waals surface area contributed by atoms with E-state index < -0.39 is 17.7 Å². The fourth-order valence-corrected chi connectivity index (χ4v) is 1.89. The van der Waals surface area contributed by atoms with E-state index in [1.165, 1.54) is 36.2 Å². The van der Waals surface area contributed by atoms with Crippen LogP contribution in [0.25, 0.3) is 0 Å². The van der Waals surface area contributed by atoms with E-state index in [2.05, 4.69) is 9.72 Å². The van der Waals surface area contributed by atoms with Gasteiger partial charge in [-0.3, -0.25) is 0 Å². The predicted octanol–water partition coefficient (Wildman–Crippen LogP) is 2.32. The first-order valence-electron chi connectivity index (χ1n) is 5.88. The summed E-state index contributed by atoms with van der Waals surface area (Å²) in [6.07, 6.45) is -3.26. The van der Waals surface area contributed by atoms with Crippen molar-refractivity contribution in [1.82, 2.24) is 9.55 Å². The Hall–Kier alpha value is -2.51. The number of methoxy groups -OCH3 is 1. The number of nitrogens with zero attached hydrogens (tertiary/aromatic N) is 2. The van der Waals surface area contributed by atoms with Gasteiger partial charge in [-0.25, -0.2) is 9.78 Å². The number of carbonyl (C=O) groups is 1. The summed E-state index contributed by atoms with van der Waals surface area (Å²) >= 11 is 0. The summed E-state index contributed by atoms with van der Waals surface area (Å²) in [4.78, 5) is 15.1. The van der Waals surface area contributed by atoms with Gasteiger partial charge in [-0.05, 0) is 11.6 Å². The first-order valence-corrected chi connectivity index (χ1v) is 5.88. The molecule has 0 amide bonds. The van der Waals surface area contributed by atoms with Crippen LogP contribution in [0.5, 0.6) is 0 Å². The predicted molar refractivity (Wildman–Crippen MR) is 68.5 cm³/mol. The first kappa shape index (κ1) is 14.9. The molecule has 2 rings (SSSR count). The topological polar surface area (TPSA) is 70.1 Å². The zero-order chi connectivity index (χ0) is 15.6. The molecule has 0 spiro atoms. The number of ether oxygens (including phenoxy) is 1. The lowest BCUT2D eigenvalue weighted by Gasteiger charge is -2.13. The number of imidazole rings is 1. The van der Waals surface area contributed by atoms with Crippen LogP contribution in [0.3, 0.4) is 0 Å². The maximum Gasteiger partial charge on any atom is 0.416 e. The van der Waals surface area contributed by atoms with E-state index in [9.17, 15) is 18.0 Å². The Balaban J connectivity index is 2.36. The Morgan fingerprint density at radius 3 is 2.67 bits per heavy atom. The molecule has 21 heavy (non-hydrogen) atoms. The molecule has 8 heteroatoms. The molecule has 0 radical (unpaired) electrons. The van der Waals surface area contributed by atoms with Crippen molar-refractivity contribution in [2.45, 2.75) is 12.7 Å². The van der Waals surface area contributed by atoms with Gasteiger partial charge in [0.15, 0.2) is 5.69 Å². The van der Waals surface area contributed by atoms with E-state index in [-0.39, 0.29) is 23.6 Å². The molecular formula is C13H12F3N3O2. The van der Waals surface area contributed by atoms with Crippen LogP contribution in [0.4, 0.5) is 19.0 Å². The van der Waals surface area contributed by atoms with Crippen molar-refractivity contribution in [1.29, 1.82) is 0 Å². The summed E-state index contributed by atoms with van der Waals surface area (Å²) in [6, 6.07) is 5.14. The number of aromatic nitrogens is 2. The molecule has 0 bridgehead atoms. The second-order valence-electron chi connectivity index (χ2n) is 4.25. The smallest absolute Gasteiger partial charge is 0.416 e. The van der Waals surface area contributed by atoms with Gasteiger partial charge in [-0.2, -0.15) is 13.2 Å². The number of benzene rings is 1. The number of rotatable bonds is 3. The molecule has 0 aliphatic heterocycles. The van der Waals surface area contributed by atoms with Crippen LogP contribution in [0.1, 0.15) is 21.6 Å². The molecule has 0 saturated heterocycles. The minimum absolute atomic E-state index is 0.0329. The van der Waals surface area contributed by atoms with Crippen molar-refractivity contribution in [3.8, 4) is 0 Å². The van der Waals surface area contributed by atoms with E-state index in [0.29, 0.717) is 0 Å². The average molecular weight is 299 g/mol. The molecule has 1 aromatic heterocycles. The Kier molecular flexibility index (Phi) is 3.88. The molecular weight excluding hydrogens is 287 g/mol. The lowest BCUT2D eigenvalue weighted by Crippen LogP contribution is -2.13. The second kappa shape index (κ2) is 5.47. The Morgan fingerprint density at radius 1 is 1.38 bits per heavy atom. The van der Waals surface area contributed by atoms with E-state index in [0.717, 1.165) is 6.07 Å². The van der Waals surface area contributed by atoms with E-state index in [1.807, 2.05) is 0 Å². The highest BCUT2D eigenvalue weighted by Crippen LogP contribution is 2.32. The monoisotopic (exact) mass is 299 g/mol. The summed E-state index contributed by atoms with van der Waals surface area (Å²) in [7, 11) is 1.17. The molecule has 0 saturated carbocycles. The Labute approximate surface area is 118 Å². The van der Waals surface area contributed by atoms with Gasteiger partial charge in [-0.15, -0.1) is 0 Å². The molecule has 0 aliphatic carbocycles. The SMILES string of the molecule is COC(=O)c1ncn(Cc2ccccc2C(F)(F)F)c1N. The maximum absolute atomic E-state index is 12.9. The van der Waals surface area contributed by atoms with Crippen molar-refractivity contribution in [3.63, 3.8) is 0 Å². The summed E-state index contributed by atoms with van der Waals surface area (Å²) in [5, 5.41) is 0. The standard InChI is InChI=1S/C13H12F3N3O2/c1-21-12(20)10-11(17)19(7-18-10)6-8-4-2-3-5-9(8)13(14,15)16/h2-5,7H,6,17H2,1H3. The van der Waals surface area contributed by atoms with Gasteiger partial charge in [0.1, 0.15) is 5.82 Å². The van der Waals surface area contributed by atoms with Gasteiger partial charge < -0.3 is 15.0 Å². The number of hydrogen-bond donors (Lipinski definition) is 1. The van der Waals surface area contributed by atoms with Crippen molar-refractivity contribution in [3.05, 3.63) is 47.4 Å². The molecule has 0 aliphatic rings. The summed E-state index contributed by atoms with van der Waals surface area (Å²) in [6.45, 7) is -0.147. The zero-order valence-electron chi connectivity index (χ0n) is 11.0. The highest BCUT2D eigenvalue weighted by molar-refractivity contribution is 5.92. The van der Waals surface area contributed by atoms with E-state index in [1.54, 1.807) is 0 Å². The van der Waals surface area contributed by atoms with Crippen LogP contribution in [0, 0.1) is 0 Å². The van der Waals surface area contributed by atoms with Gasteiger partial charge in [0.05, 0.1) is 25.5 Å². The molecule has 2 aromatic rings. The fourth-order valence-electron chi connectivity index (χ4n) is 1.89. The van der Waals surface area contributed by atoms with Crippen LogP contribution < -0.4 is 5.73 Å². The minimum atomic E-state index is -4.46. The van der Waals surface area contributed by atoms with E-state index >= 15 is 0 Å². The maximum atomic E-state index is 12.9. The van der Waals surface area contributed by atoms with Crippen LogP contribution in [-0.2, 0) is 17.5 Å². The highest BCUT2D eigenvalue weighted by Gasteiger charge is 2.33. The summed E-state index contributed by atoms with van der Waals surface area (Å²) in [5.41, 5.74) is 4.86. The molecule has 0 fully saturated rings. The highest BCUT2D eigenvalue weighted by atomic mass is 19.4. The number of carbonyl (C=O) groups excluding carboxylic acids is 1. The zero-order valence-corrected chi connectivity index (χ0v) is 11.0. The van der Waals surface area contributed by atoms with Crippen molar-refractivity contribution in [2.24, 2.45) is 0 Å². The molecule has 0 atom stereocenters. The van der Waals surface area contributed by atoms with Crippen molar-refractivity contribution < 1.29 is 22.7 Å². The molecule has 0 unspecified atom stereocenters. The number of halogens is 3. The van der Waals surface area contributed by atoms with Crippen LogP contribution >= 0.6 is 0 Å². The van der Waals surface area contributed by atoms with Crippen LogP contribution in [0.2, 0.25) is 0 Å². The largest absolute Gasteiger partial charge is 0.464 e. The second-order valence-corrected chi connectivity index (χ2v) is 4.25. The number of nitrogen functional groups attached to an aromatic ring is 1. The number of nitrogens with two attached hydrogens (primary N) is 1. The third-order valence-electron chi connectivity index (χ3n) is 2.92. The van der Waals surface area contributed by atoms with Gasteiger partial charge in [0, 0.05) is 0 Å². The minimum Gasteiger partial charge on any atom is -0.464 e. The molecule has 1 aromatic carbocycles. The lowest BCUT2D eigenvalue weighted by atomic mass is 10.1. The third kappa shape index (κ3) is 2.99. The first-order chi connectivity index (χ1) is 9.84. The molecule has 5 nitrogen and oxygen atoms in total. The van der Waals surface area contributed by atoms with Crippen LogP contribution in [-0.4, -0.2) is 22.6 Å². The quantitative estimate of drug-likeness (QED) is 0.883. The number of hydrogen-bond acceptors (Lipinski definition) is 4. The molecule has 2 N–H and O–H groups in total. The normalized spacial score (nSPS) is 11.4. The summed E-state index contributed by atoms with van der Waals surface area (Å²) in [5.74, 6) is -0.783. The molecule has 1 heterocycles. The average Bonchev–Trinajstić information content (AvgIpc) is 2.79. The van der Waals surface area contributed by atoms with Crippen molar-refractivity contribution in [2.75, 3.05) is 12.8 Å². The fraction of sp³-hybridized carbons (Fsp3) is 0.231. The van der Waals surface area contributed by atoms with Gasteiger partial charge >= 0.3 is 12.1 Å². The Bertz CT molecular complexity index is 665. The number of alkyl halides is 3.